The van der Waals surface area contributed by atoms with Gasteiger partial charge in [-0.1, -0.05) is 20.3 Å². The van der Waals surface area contributed by atoms with Crippen molar-refractivity contribution in [3.63, 3.8) is 0 Å². The molecule has 0 aromatic rings. The second kappa shape index (κ2) is 8.64. The number of nitrogens with one attached hydrogen (secondary N) is 1. The Labute approximate surface area is 113 Å². The highest BCUT2D eigenvalue weighted by Crippen LogP contribution is 2.08. The predicted octanol–water partition coefficient (Wildman–Crippen LogP) is 1.14. The largest absolute Gasteiger partial charge is 0.342 e. The molecule has 1 rings (SSSR count). The molecular formula is C13H26N2O2S. The van der Waals surface area contributed by atoms with Gasteiger partial charge in [0.1, 0.15) is 5.75 Å². The van der Waals surface area contributed by atoms with E-state index in [0.717, 1.165) is 45.3 Å². The van der Waals surface area contributed by atoms with E-state index in [0.29, 0.717) is 5.75 Å². The third-order valence-corrected chi connectivity index (χ3v) is 4.60. The van der Waals surface area contributed by atoms with Crippen molar-refractivity contribution >= 4 is 16.7 Å². The van der Waals surface area contributed by atoms with Crippen molar-refractivity contribution in [2.75, 3.05) is 31.1 Å². The van der Waals surface area contributed by atoms with Gasteiger partial charge in [-0.25, -0.2) is 0 Å². The predicted molar refractivity (Wildman–Crippen MR) is 76.1 cm³/mol. The number of hydrogen-bond donors (Lipinski definition) is 1. The zero-order valence-corrected chi connectivity index (χ0v) is 12.4. The Morgan fingerprint density at radius 1 is 1.33 bits per heavy atom. The SMILES string of the molecule is CCCC(CS(=O)CC(=O)N1CCCC1)NCC. The Hall–Kier alpha value is -0.420. The van der Waals surface area contributed by atoms with E-state index in [9.17, 15) is 9.00 Å². The minimum absolute atomic E-state index is 0.0672. The maximum Gasteiger partial charge on any atom is 0.235 e. The summed E-state index contributed by atoms with van der Waals surface area (Å²) in [4.78, 5) is 13.7. The maximum absolute atomic E-state index is 12.0. The summed E-state index contributed by atoms with van der Waals surface area (Å²) in [5.41, 5.74) is 0. The number of carbonyl (C=O) groups is 1. The second-order valence-corrected chi connectivity index (χ2v) is 6.38. The lowest BCUT2D eigenvalue weighted by atomic mass is 10.2. The second-order valence-electron chi connectivity index (χ2n) is 4.88. The molecule has 1 aliphatic rings. The molecule has 0 bridgehead atoms. The maximum atomic E-state index is 12.0. The molecule has 0 aliphatic carbocycles. The monoisotopic (exact) mass is 274 g/mol. The third-order valence-electron chi connectivity index (χ3n) is 3.26. The molecule has 1 N–H and O–H groups in total. The van der Waals surface area contributed by atoms with Crippen molar-refractivity contribution in [2.24, 2.45) is 0 Å². The Morgan fingerprint density at radius 3 is 2.56 bits per heavy atom. The smallest absolute Gasteiger partial charge is 0.235 e. The van der Waals surface area contributed by atoms with Crippen LogP contribution in [-0.2, 0) is 15.6 Å². The van der Waals surface area contributed by atoms with Gasteiger partial charge in [-0.05, 0) is 25.8 Å². The molecule has 2 unspecified atom stereocenters. The molecular weight excluding hydrogens is 248 g/mol. The van der Waals surface area contributed by atoms with Crippen LogP contribution in [0.2, 0.25) is 0 Å². The highest BCUT2D eigenvalue weighted by Gasteiger charge is 2.21. The summed E-state index contributed by atoms with van der Waals surface area (Å²) in [6, 6.07) is 0.284. The van der Waals surface area contributed by atoms with Gasteiger partial charge in [0.2, 0.25) is 5.91 Å². The fraction of sp³-hybridized carbons (Fsp3) is 0.923. The lowest BCUT2D eigenvalue weighted by molar-refractivity contribution is -0.127. The Balaban J connectivity index is 2.31. The van der Waals surface area contributed by atoms with Crippen LogP contribution >= 0.6 is 0 Å². The molecule has 0 spiro atoms. The molecule has 1 aliphatic heterocycles. The van der Waals surface area contributed by atoms with Gasteiger partial charge in [0.05, 0.1) is 0 Å². The zero-order valence-electron chi connectivity index (χ0n) is 11.6. The number of hydrogen-bond acceptors (Lipinski definition) is 3. The van der Waals surface area contributed by atoms with E-state index in [1.54, 1.807) is 0 Å². The van der Waals surface area contributed by atoms with Crippen LogP contribution in [0.15, 0.2) is 0 Å². The van der Waals surface area contributed by atoms with Crippen LogP contribution in [0.1, 0.15) is 39.5 Å². The molecule has 5 heteroatoms. The first-order valence-corrected chi connectivity index (χ1v) is 8.52. The van der Waals surface area contributed by atoms with Crippen LogP contribution in [0.3, 0.4) is 0 Å². The van der Waals surface area contributed by atoms with Crippen LogP contribution in [0.4, 0.5) is 0 Å². The molecule has 1 saturated heterocycles. The average Bonchev–Trinajstić information content (AvgIpc) is 2.82. The number of likely N-dealkylation sites (tertiary alicyclic amines) is 1. The quantitative estimate of drug-likeness (QED) is 0.722. The van der Waals surface area contributed by atoms with Crippen LogP contribution in [0.5, 0.6) is 0 Å². The van der Waals surface area contributed by atoms with Gasteiger partial charge in [-0.2, -0.15) is 0 Å². The van der Waals surface area contributed by atoms with Gasteiger partial charge in [-0.15, -0.1) is 0 Å². The van der Waals surface area contributed by atoms with E-state index < -0.39 is 10.8 Å². The molecule has 18 heavy (non-hydrogen) atoms. The first kappa shape index (κ1) is 15.6. The standard InChI is InChI=1S/C13H26N2O2S/c1-3-7-12(14-4-2)10-18(17)11-13(16)15-8-5-6-9-15/h12,14H,3-11H2,1-2H3. The molecule has 1 heterocycles. The van der Waals surface area contributed by atoms with Crippen molar-refractivity contribution in [3.8, 4) is 0 Å². The highest BCUT2D eigenvalue weighted by molar-refractivity contribution is 7.85. The van der Waals surface area contributed by atoms with Crippen molar-refractivity contribution < 1.29 is 9.00 Å². The molecule has 4 nitrogen and oxygen atoms in total. The van der Waals surface area contributed by atoms with E-state index in [1.165, 1.54) is 0 Å². The fourth-order valence-electron chi connectivity index (χ4n) is 2.36. The summed E-state index contributed by atoms with van der Waals surface area (Å²) in [6.07, 6.45) is 4.29. The first-order chi connectivity index (χ1) is 8.67. The summed E-state index contributed by atoms with van der Waals surface area (Å²) in [6.45, 7) is 6.77. The molecule has 2 atom stereocenters. The molecule has 0 radical (unpaired) electrons. The van der Waals surface area contributed by atoms with E-state index in [2.05, 4.69) is 19.2 Å². The minimum atomic E-state index is -1.03. The zero-order chi connectivity index (χ0) is 13.4. The van der Waals surface area contributed by atoms with Crippen LogP contribution in [0.25, 0.3) is 0 Å². The van der Waals surface area contributed by atoms with Gasteiger partial charge in [0.15, 0.2) is 0 Å². The van der Waals surface area contributed by atoms with Crippen molar-refractivity contribution in [3.05, 3.63) is 0 Å². The summed E-state index contributed by atoms with van der Waals surface area (Å²) >= 11 is 0. The molecule has 106 valence electrons. The van der Waals surface area contributed by atoms with Crippen molar-refractivity contribution in [1.29, 1.82) is 0 Å². The topological polar surface area (TPSA) is 49.4 Å². The van der Waals surface area contributed by atoms with E-state index in [-0.39, 0.29) is 17.7 Å². The van der Waals surface area contributed by atoms with Gasteiger partial charge in [0, 0.05) is 35.7 Å². The molecule has 1 amide bonds. The van der Waals surface area contributed by atoms with Gasteiger partial charge in [0.25, 0.3) is 0 Å². The molecule has 1 fully saturated rings. The highest BCUT2D eigenvalue weighted by atomic mass is 32.2. The minimum Gasteiger partial charge on any atom is -0.342 e. The fourth-order valence-corrected chi connectivity index (χ4v) is 3.67. The lowest BCUT2D eigenvalue weighted by Gasteiger charge is -2.18. The molecule has 0 aromatic carbocycles. The van der Waals surface area contributed by atoms with E-state index >= 15 is 0 Å². The van der Waals surface area contributed by atoms with E-state index in [4.69, 9.17) is 0 Å². The normalized spacial score (nSPS) is 18.9. The molecule has 0 aromatic heterocycles. The number of amides is 1. The van der Waals surface area contributed by atoms with Gasteiger partial charge < -0.3 is 10.2 Å². The van der Waals surface area contributed by atoms with E-state index in [1.807, 2.05) is 4.90 Å². The Kier molecular flexibility index (Phi) is 7.51. The average molecular weight is 274 g/mol. The van der Waals surface area contributed by atoms with Crippen LogP contribution in [-0.4, -0.2) is 52.2 Å². The van der Waals surface area contributed by atoms with Crippen molar-refractivity contribution in [2.45, 2.75) is 45.6 Å². The lowest BCUT2D eigenvalue weighted by Crippen LogP contribution is -2.37. The Bertz CT molecular complexity index is 272. The molecule has 0 saturated carbocycles. The van der Waals surface area contributed by atoms with Gasteiger partial charge >= 0.3 is 0 Å². The van der Waals surface area contributed by atoms with Gasteiger partial charge in [-0.3, -0.25) is 9.00 Å². The summed E-state index contributed by atoms with van der Waals surface area (Å²) in [5, 5.41) is 3.34. The van der Waals surface area contributed by atoms with Crippen molar-refractivity contribution in [1.82, 2.24) is 10.2 Å². The third kappa shape index (κ3) is 5.48. The number of nitrogens with zero attached hydrogens (tertiary/aromatic N) is 1. The Morgan fingerprint density at radius 2 is 2.00 bits per heavy atom. The summed E-state index contributed by atoms with van der Waals surface area (Å²) in [5.74, 6) is 0.866. The number of carbonyl (C=O) groups excluding carboxylic acids is 1. The van der Waals surface area contributed by atoms with Crippen LogP contribution in [0, 0.1) is 0 Å². The summed E-state index contributed by atoms with van der Waals surface area (Å²) in [7, 11) is -1.03. The summed E-state index contributed by atoms with van der Waals surface area (Å²) < 4.78 is 12.0. The van der Waals surface area contributed by atoms with Crippen LogP contribution < -0.4 is 5.32 Å². The first-order valence-electron chi connectivity index (χ1n) is 7.03. The number of rotatable bonds is 8.